The van der Waals surface area contributed by atoms with E-state index in [4.69, 9.17) is 0 Å². The number of rotatable bonds is 3. The summed E-state index contributed by atoms with van der Waals surface area (Å²) >= 11 is 0. The molecule has 0 atom stereocenters. The fourth-order valence-corrected chi connectivity index (χ4v) is 2.18. The molecule has 2 N–H and O–H groups in total. The maximum absolute atomic E-state index is 11.9. The van der Waals surface area contributed by atoms with Crippen LogP contribution in [0.3, 0.4) is 0 Å². The Morgan fingerprint density at radius 3 is 2.68 bits per heavy atom. The van der Waals surface area contributed by atoms with Gasteiger partial charge in [-0.3, -0.25) is 9.59 Å². The molecule has 1 fully saturated rings. The van der Waals surface area contributed by atoms with Crippen molar-refractivity contribution in [1.29, 1.82) is 0 Å². The SMILES string of the molecule is CC(C)(CO)c1ccccc1N1CCNC(=O)C1=O. The first-order valence-electron chi connectivity index (χ1n) is 6.27. The molecule has 5 heteroatoms. The van der Waals surface area contributed by atoms with Gasteiger partial charge in [-0.2, -0.15) is 0 Å². The van der Waals surface area contributed by atoms with Crippen LogP contribution in [0.2, 0.25) is 0 Å². The number of nitrogens with one attached hydrogen (secondary N) is 1. The number of benzene rings is 1. The molecule has 0 saturated carbocycles. The second kappa shape index (κ2) is 5.01. The highest BCUT2D eigenvalue weighted by Gasteiger charge is 2.31. The molecule has 0 unspecified atom stereocenters. The van der Waals surface area contributed by atoms with E-state index >= 15 is 0 Å². The number of nitrogens with zero attached hydrogens (tertiary/aromatic N) is 1. The predicted molar refractivity (Wildman–Crippen MR) is 71.9 cm³/mol. The molecule has 0 aliphatic carbocycles. The van der Waals surface area contributed by atoms with Crippen LogP contribution in [0.4, 0.5) is 5.69 Å². The zero-order valence-electron chi connectivity index (χ0n) is 11.1. The molecular weight excluding hydrogens is 244 g/mol. The zero-order chi connectivity index (χ0) is 14.0. The van der Waals surface area contributed by atoms with Crippen molar-refractivity contribution in [3.05, 3.63) is 29.8 Å². The Bertz CT molecular complexity index is 511. The number of aliphatic hydroxyl groups excluding tert-OH is 1. The topological polar surface area (TPSA) is 69.6 Å². The quantitative estimate of drug-likeness (QED) is 0.776. The Kier molecular flexibility index (Phi) is 3.57. The van der Waals surface area contributed by atoms with Gasteiger partial charge in [0.2, 0.25) is 0 Å². The Morgan fingerprint density at radius 2 is 2.00 bits per heavy atom. The zero-order valence-corrected chi connectivity index (χ0v) is 11.1. The Morgan fingerprint density at radius 1 is 1.32 bits per heavy atom. The fourth-order valence-electron chi connectivity index (χ4n) is 2.18. The third-order valence-electron chi connectivity index (χ3n) is 3.38. The second-order valence-electron chi connectivity index (χ2n) is 5.27. The molecule has 0 bridgehead atoms. The van der Waals surface area contributed by atoms with Gasteiger partial charge in [0.25, 0.3) is 0 Å². The molecule has 0 radical (unpaired) electrons. The minimum atomic E-state index is -0.581. The van der Waals surface area contributed by atoms with Gasteiger partial charge in [0.05, 0.1) is 6.61 Å². The molecule has 1 aromatic carbocycles. The minimum absolute atomic E-state index is 0.0295. The first-order chi connectivity index (χ1) is 8.97. The molecule has 19 heavy (non-hydrogen) atoms. The number of piperazine rings is 1. The number of para-hydroxylation sites is 1. The van der Waals surface area contributed by atoms with Crippen LogP contribution >= 0.6 is 0 Å². The summed E-state index contributed by atoms with van der Waals surface area (Å²) in [6, 6.07) is 7.38. The average molecular weight is 262 g/mol. The fraction of sp³-hybridized carbons (Fsp3) is 0.429. The van der Waals surface area contributed by atoms with Gasteiger partial charge in [-0.1, -0.05) is 32.0 Å². The highest BCUT2D eigenvalue weighted by atomic mass is 16.3. The van der Waals surface area contributed by atoms with E-state index in [1.165, 1.54) is 4.90 Å². The van der Waals surface area contributed by atoms with E-state index in [-0.39, 0.29) is 6.61 Å². The summed E-state index contributed by atoms with van der Waals surface area (Å²) < 4.78 is 0. The lowest BCUT2D eigenvalue weighted by molar-refractivity contribution is -0.138. The average Bonchev–Trinajstić information content (AvgIpc) is 2.42. The van der Waals surface area contributed by atoms with Gasteiger partial charge in [0.15, 0.2) is 0 Å². The first kappa shape index (κ1) is 13.5. The van der Waals surface area contributed by atoms with Crippen molar-refractivity contribution in [2.75, 3.05) is 24.6 Å². The summed E-state index contributed by atoms with van der Waals surface area (Å²) in [5.74, 6) is -1.13. The van der Waals surface area contributed by atoms with Gasteiger partial charge in [0, 0.05) is 24.2 Å². The van der Waals surface area contributed by atoms with Crippen LogP contribution in [-0.2, 0) is 15.0 Å². The molecule has 0 aromatic heterocycles. The van der Waals surface area contributed by atoms with E-state index < -0.39 is 17.2 Å². The summed E-state index contributed by atoms with van der Waals surface area (Å²) in [6.45, 7) is 4.67. The van der Waals surface area contributed by atoms with E-state index in [9.17, 15) is 14.7 Å². The van der Waals surface area contributed by atoms with E-state index in [2.05, 4.69) is 5.32 Å². The van der Waals surface area contributed by atoms with Gasteiger partial charge in [-0.25, -0.2) is 0 Å². The summed E-state index contributed by atoms with van der Waals surface area (Å²) in [5, 5.41) is 12.0. The van der Waals surface area contributed by atoms with Crippen molar-refractivity contribution < 1.29 is 14.7 Å². The van der Waals surface area contributed by atoms with E-state index in [0.717, 1.165) is 5.56 Å². The van der Waals surface area contributed by atoms with Crippen LogP contribution < -0.4 is 10.2 Å². The number of amides is 2. The molecule has 2 amide bonds. The smallest absolute Gasteiger partial charge is 0.316 e. The number of anilines is 1. The number of carbonyl (C=O) groups excluding carboxylic acids is 2. The molecule has 1 aromatic rings. The van der Waals surface area contributed by atoms with Crippen molar-refractivity contribution in [2.45, 2.75) is 19.3 Å². The minimum Gasteiger partial charge on any atom is -0.395 e. The van der Waals surface area contributed by atoms with Crippen molar-refractivity contribution in [3.8, 4) is 0 Å². The summed E-state index contributed by atoms with van der Waals surface area (Å²) in [5.41, 5.74) is 1.09. The molecule has 2 rings (SSSR count). The number of aliphatic hydroxyl groups is 1. The first-order valence-corrected chi connectivity index (χ1v) is 6.27. The normalized spacial score (nSPS) is 16.5. The second-order valence-corrected chi connectivity index (χ2v) is 5.27. The van der Waals surface area contributed by atoms with Crippen molar-refractivity contribution in [2.24, 2.45) is 0 Å². The lowest BCUT2D eigenvalue weighted by Gasteiger charge is -2.32. The van der Waals surface area contributed by atoms with Crippen molar-refractivity contribution >= 4 is 17.5 Å². The maximum Gasteiger partial charge on any atom is 0.316 e. The van der Waals surface area contributed by atoms with Gasteiger partial charge in [-0.15, -0.1) is 0 Å². The van der Waals surface area contributed by atoms with Crippen LogP contribution in [-0.4, -0.2) is 36.6 Å². The number of hydrogen-bond acceptors (Lipinski definition) is 3. The molecule has 102 valence electrons. The summed E-state index contributed by atoms with van der Waals surface area (Å²) in [7, 11) is 0. The van der Waals surface area contributed by atoms with Crippen LogP contribution in [0.15, 0.2) is 24.3 Å². The molecule has 1 saturated heterocycles. The summed E-state index contributed by atoms with van der Waals surface area (Å²) in [4.78, 5) is 24.9. The largest absolute Gasteiger partial charge is 0.395 e. The Labute approximate surface area is 112 Å². The molecule has 1 aliphatic heterocycles. The van der Waals surface area contributed by atoms with Gasteiger partial charge in [0.1, 0.15) is 0 Å². The molecular formula is C14H18N2O3. The lowest BCUT2D eigenvalue weighted by atomic mass is 9.84. The third-order valence-corrected chi connectivity index (χ3v) is 3.38. The highest BCUT2D eigenvalue weighted by molar-refractivity contribution is 6.41. The van der Waals surface area contributed by atoms with Gasteiger partial charge < -0.3 is 15.3 Å². The van der Waals surface area contributed by atoms with E-state index in [1.807, 2.05) is 38.1 Å². The van der Waals surface area contributed by atoms with Crippen LogP contribution in [0, 0.1) is 0 Å². The molecule has 5 nitrogen and oxygen atoms in total. The Hall–Kier alpha value is -1.88. The monoisotopic (exact) mass is 262 g/mol. The Balaban J connectivity index is 2.45. The van der Waals surface area contributed by atoms with Crippen LogP contribution in [0.25, 0.3) is 0 Å². The molecule has 1 heterocycles. The van der Waals surface area contributed by atoms with Gasteiger partial charge >= 0.3 is 11.8 Å². The predicted octanol–water partition coefficient (Wildman–Crippen LogP) is 0.419. The lowest BCUT2D eigenvalue weighted by Crippen LogP contribution is -2.52. The van der Waals surface area contributed by atoms with E-state index in [1.54, 1.807) is 0 Å². The van der Waals surface area contributed by atoms with E-state index in [0.29, 0.717) is 18.8 Å². The maximum atomic E-state index is 11.9. The summed E-state index contributed by atoms with van der Waals surface area (Å²) in [6.07, 6.45) is 0. The molecule has 0 spiro atoms. The van der Waals surface area contributed by atoms with Gasteiger partial charge in [-0.05, 0) is 11.6 Å². The third kappa shape index (κ3) is 2.46. The number of hydrogen-bond donors (Lipinski definition) is 2. The highest BCUT2D eigenvalue weighted by Crippen LogP contribution is 2.32. The standard InChI is InChI=1S/C14H18N2O3/c1-14(2,9-17)10-5-3-4-6-11(10)16-8-7-15-12(18)13(16)19/h3-6,17H,7-9H2,1-2H3,(H,15,18). The van der Waals surface area contributed by atoms with Crippen molar-refractivity contribution in [1.82, 2.24) is 5.32 Å². The van der Waals surface area contributed by atoms with Crippen molar-refractivity contribution in [3.63, 3.8) is 0 Å². The van der Waals surface area contributed by atoms with Crippen LogP contribution in [0.1, 0.15) is 19.4 Å². The molecule has 1 aliphatic rings. The number of carbonyl (C=O) groups is 2. The van der Waals surface area contributed by atoms with Crippen LogP contribution in [0.5, 0.6) is 0 Å².